The second-order valence-corrected chi connectivity index (χ2v) is 4.85. The average molecular weight is 293 g/mol. The van der Waals surface area contributed by atoms with Crippen LogP contribution < -0.4 is 4.74 Å². The highest BCUT2D eigenvalue weighted by Gasteiger charge is 2.12. The molecule has 1 aromatic carbocycles. The Hall–Kier alpha value is -2.04. The van der Waals surface area contributed by atoms with Crippen molar-refractivity contribution in [3.8, 4) is 5.75 Å². The lowest BCUT2D eigenvalue weighted by molar-refractivity contribution is -0.143. The summed E-state index contributed by atoms with van der Waals surface area (Å²) in [5.41, 5.74) is 1.93. The minimum absolute atomic E-state index is 0.0368. The molecule has 0 aliphatic heterocycles. The fraction of sp³-hybridized carbons (Fsp3) is 0.500. The number of amides is 1. The van der Waals surface area contributed by atoms with Crippen molar-refractivity contribution in [3.63, 3.8) is 0 Å². The van der Waals surface area contributed by atoms with E-state index in [-0.39, 0.29) is 24.7 Å². The number of aryl methyl sites for hydroxylation is 1. The summed E-state index contributed by atoms with van der Waals surface area (Å²) in [5.74, 6) is 0.453. The van der Waals surface area contributed by atoms with Crippen LogP contribution in [0.15, 0.2) is 18.2 Å². The van der Waals surface area contributed by atoms with Crippen molar-refractivity contribution in [2.45, 2.75) is 26.7 Å². The molecule has 0 saturated carbocycles. The van der Waals surface area contributed by atoms with Crippen LogP contribution in [0.3, 0.4) is 0 Å². The number of hydrogen-bond acceptors (Lipinski definition) is 4. The Bertz CT molecular complexity index is 499. The molecule has 0 radical (unpaired) electrons. The Morgan fingerprint density at radius 3 is 2.62 bits per heavy atom. The van der Waals surface area contributed by atoms with Gasteiger partial charge in [-0.3, -0.25) is 9.59 Å². The summed E-state index contributed by atoms with van der Waals surface area (Å²) in [4.78, 5) is 24.9. The summed E-state index contributed by atoms with van der Waals surface area (Å²) in [6, 6.07) is 5.71. The maximum absolute atomic E-state index is 12.1. The maximum Gasteiger partial charge on any atom is 0.307 e. The Labute approximate surface area is 125 Å². The van der Waals surface area contributed by atoms with Gasteiger partial charge in [0, 0.05) is 13.6 Å². The first-order valence-corrected chi connectivity index (χ1v) is 7.01. The molecule has 5 heteroatoms. The number of carbonyl (C=O) groups is 2. The molecular weight excluding hydrogens is 270 g/mol. The third kappa shape index (κ3) is 5.45. The molecule has 0 bridgehead atoms. The van der Waals surface area contributed by atoms with Gasteiger partial charge in [-0.2, -0.15) is 0 Å². The van der Waals surface area contributed by atoms with E-state index in [1.54, 1.807) is 26.0 Å². The first-order valence-electron chi connectivity index (χ1n) is 7.01. The molecule has 0 fully saturated rings. The monoisotopic (exact) mass is 293 g/mol. The number of rotatable bonds is 7. The number of ether oxygens (including phenoxy) is 2. The van der Waals surface area contributed by atoms with Crippen LogP contribution in [0.5, 0.6) is 5.75 Å². The first kappa shape index (κ1) is 17.0. The topological polar surface area (TPSA) is 55.8 Å². The van der Waals surface area contributed by atoms with E-state index in [1.807, 2.05) is 25.1 Å². The van der Waals surface area contributed by atoms with Crippen molar-refractivity contribution in [2.75, 3.05) is 27.3 Å². The van der Waals surface area contributed by atoms with E-state index in [2.05, 4.69) is 0 Å². The number of likely N-dealkylation sites (N-methyl/N-ethyl adjacent to an activating group) is 1. The molecule has 0 aliphatic carbocycles. The summed E-state index contributed by atoms with van der Waals surface area (Å²) in [7, 11) is 3.30. The van der Waals surface area contributed by atoms with E-state index in [1.165, 1.54) is 0 Å². The Morgan fingerprint density at radius 1 is 1.29 bits per heavy atom. The molecule has 5 nitrogen and oxygen atoms in total. The largest absolute Gasteiger partial charge is 0.496 e. The van der Waals surface area contributed by atoms with Gasteiger partial charge in [-0.1, -0.05) is 12.1 Å². The number of esters is 1. The predicted octanol–water partition coefficient (Wildman–Crippen LogP) is 1.96. The molecule has 0 N–H and O–H groups in total. The van der Waals surface area contributed by atoms with Gasteiger partial charge in [0.05, 0.1) is 26.6 Å². The smallest absolute Gasteiger partial charge is 0.307 e. The normalized spacial score (nSPS) is 10.1. The molecule has 0 saturated heterocycles. The zero-order chi connectivity index (χ0) is 15.8. The molecule has 21 heavy (non-hydrogen) atoms. The fourth-order valence-corrected chi connectivity index (χ4v) is 1.90. The van der Waals surface area contributed by atoms with Crippen LogP contribution in [0.4, 0.5) is 0 Å². The van der Waals surface area contributed by atoms with Gasteiger partial charge < -0.3 is 14.4 Å². The van der Waals surface area contributed by atoms with Crippen LogP contribution in [-0.2, 0) is 20.7 Å². The molecular formula is C16H23NO4. The van der Waals surface area contributed by atoms with Crippen molar-refractivity contribution in [2.24, 2.45) is 0 Å². The number of hydrogen-bond donors (Lipinski definition) is 0. The molecule has 1 amide bonds. The van der Waals surface area contributed by atoms with E-state index in [4.69, 9.17) is 9.47 Å². The van der Waals surface area contributed by atoms with E-state index in [0.29, 0.717) is 13.2 Å². The van der Waals surface area contributed by atoms with Crippen LogP contribution in [0, 0.1) is 6.92 Å². The first-order chi connectivity index (χ1) is 9.97. The minimum atomic E-state index is -0.283. The molecule has 0 aliphatic rings. The van der Waals surface area contributed by atoms with Crippen molar-refractivity contribution in [3.05, 3.63) is 29.3 Å². The van der Waals surface area contributed by atoms with Gasteiger partial charge in [0.15, 0.2) is 0 Å². The van der Waals surface area contributed by atoms with Crippen LogP contribution >= 0.6 is 0 Å². The fourth-order valence-electron chi connectivity index (χ4n) is 1.90. The highest BCUT2D eigenvalue weighted by molar-refractivity contribution is 5.79. The third-order valence-corrected chi connectivity index (χ3v) is 3.21. The van der Waals surface area contributed by atoms with Gasteiger partial charge in [0.2, 0.25) is 5.91 Å². The molecule has 1 rings (SSSR count). The molecule has 0 heterocycles. The summed E-state index contributed by atoms with van der Waals surface area (Å²) >= 11 is 0. The minimum Gasteiger partial charge on any atom is -0.496 e. The van der Waals surface area contributed by atoms with E-state index < -0.39 is 0 Å². The zero-order valence-corrected chi connectivity index (χ0v) is 13.1. The lowest BCUT2D eigenvalue weighted by Gasteiger charge is -2.17. The second kappa shape index (κ2) is 8.29. The lowest BCUT2D eigenvalue weighted by Crippen LogP contribution is -2.30. The van der Waals surface area contributed by atoms with Crippen molar-refractivity contribution in [1.82, 2.24) is 4.90 Å². The van der Waals surface area contributed by atoms with Crippen molar-refractivity contribution >= 4 is 11.9 Å². The molecule has 0 aromatic heterocycles. The quantitative estimate of drug-likeness (QED) is 0.721. The predicted molar refractivity (Wildman–Crippen MR) is 80.3 cm³/mol. The highest BCUT2D eigenvalue weighted by atomic mass is 16.5. The maximum atomic E-state index is 12.1. The number of benzene rings is 1. The van der Waals surface area contributed by atoms with Crippen LogP contribution in [0.25, 0.3) is 0 Å². The highest BCUT2D eigenvalue weighted by Crippen LogP contribution is 2.19. The lowest BCUT2D eigenvalue weighted by atomic mass is 10.1. The van der Waals surface area contributed by atoms with Crippen molar-refractivity contribution < 1.29 is 19.1 Å². The van der Waals surface area contributed by atoms with Gasteiger partial charge in [-0.05, 0) is 31.0 Å². The van der Waals surface area contributed by atoms with Crippen LogP contribution in [0.1, 0.15) is 24.5 Å². The van der Waals surface area contributed by atoms with Gasteiger partial charge in [0.1, 0.15) is 5.75 Å². The van der Waals surface area contributed by atoms with Crippen LogP contribution in [0.2, 0.25) is 0 Å². The molecule has 116 valence electrons. The van der Waals surface area contributed by atoms with Gasteiger partial charge in [-0.15, -0.1) is 0 Å². The van der Waals surface area contributed by atoms with Crippen LogP contribution in [-0.4, -0.2) is 44.1 Å². The molecule has 0 spiro atoms. The van der Waals surface area contributed by atoms with E-state index in [9.17, 15) is 9.59 Å². The third-order valence-electron chi connectivity index (χ3n) is 3.21. The SMILES string of the molecule is CCOC(=O)CCN(C)C(=O)Cc1ccc(C)c(OC)c1. The standard InChI is InChI=1S/C16H23NO4/c1-5-21-16(19)8-9-17(3)15(18)11-13-7-6-12(2)14(10-13)20-4/h6-7,10H,5,8-9,11H2,1-4H3. The summed E-state index contributed by atoms with van der Waals surface area (Å²) in [6.07, 6.45) is 0.503. The molecule has 1 aromatic rings. The van der Waals surface area contributed by atoms with Gasteiger partial charge in [0.25, 0.3) is 0 Å². The molecule has 0 unspecified atom stereocenters. The summed E-state index contributed by atoms with van der Waals surface area (Å²) in [6.45, 7) is 4.44. The van der Waals surface area contributed by atoms with Gasteiger partial charge >= 0.3 is 5.97 Å². The van der Waals surface area contributed by atoms with Crippen molar-refractivity contribution in [1.29, 1.82) is 0 Å². The average Bonchev–Trinajstić information content (AvgIpc) is 2.46. The summed E-state index contributed by atoms with van der Waals surface area (Å²) in [5, 5.41) is 0. The Balaban J connectivity index is 2.54. The second-order valence-electron chi connectivity index (χ2n) is 4.85. The number of carbonyl (C=O) groups excluding carboxylic acids is 2. The Morgan fingerprint density at radius 2 is 2.00 bits per heavy atom. The van der Waals surface area contributed by atoms with E-state index in [0.717, 1.165) is 16.9 Å². The summed E-state index contributed by atoms with van der Waals surface area (Å²) < 4.78 is 10.1. The number of nitrogens with zero attached hydrogens (tertiary/aromatic N) is 1. The van der Waals surface area contributed by atoms with Gasteiger partial charge in [-0.25, -0.2) is 0 Å². The Kier molecular flexibility index (Phi) is 6.72. The number of methoxy groups -OCH3 is 1. The zero-order valence-electron chi connectivity index (χ0n) is 13.1. The van der Waals surface area contributed by atoms with E-state index >= 15 is 0 Å². The molecule has 0 atom stereocenters.